The van der Waals surface area contributed by atoms with Gasteiger partial charge in [0.25, 0.3) is 5.91 Å². The van der Waals surface area contributed by atoms with E-state index >= 15 is 0 Å². The molecule has 0 aromatic heterocycles. The van der Waals surface area contributed by atoms with Gasteiger partial charge in [-0.15, -0.1) is 0 Å². The molecular formula is C13H20N2O2. The van der Waals surface area contributed by atoms with Gasteiger partial charge in [0.15, 0.2) is 6.61 Å². The quantitative estimate of drug-likeness (QED) is 0.785. The highest BCUT2D eigenvalue weighted by molar-refractivity contribution is 5.77. The molecule has 0 bridgehead atoms. The molecule has 0 aliphatic rings. The Kier molecular flexibility index (Phi) is 5.49. The molecule has 0 aliphatic heterocycles. The number of carbonyl (C=O) groups excluding carboxylic acids is 1. The second-order valence-corrected chi connectivity index (χ2v) is 4.02. The van der Waals surface area contributed by atoms with Crippen molar-refractivity contribution in [3.8, 4) is 5.75 Å². The molecule has 0 heterocycles. The summed E-state index contributed by atoms with van der Waals surface area (Å²) in [6.45, 7) is 4.50. The second kappa shape index (κ2) is 6.91. The van der Waals surface area contributed by atoms with Crippen LogP contribution in [0.5, 0.6) is 5.75 Å². The van der Waals surface area contributed by atoms with Crippen LogP contribution in [0.3, 0.4) is 0 Å². The minimum absolute atomic E-state index is 0.0400. The van der Waals surface area contributed by atoms with Crippen LogP contribution in [0.25, 0.3) is 0 Å². The minimum Gasteiger partial charge on any atom is -0.484 e. The van der Waals surface area contributed by atoms with E-state index in [2.05, 4.69) is 5.32 Å². The monoisotopic (exact) mass is 236 g/mol. The topological polar surface area (TPSA) is 64.3 Å². The zero-order valence-electron chi connectivity index (χ0n) is 10.4. The molecule has 1 unspecified atom stereocenters. The summed E-state index contributed by atoms with van der Waals surface area (Å²) in [4.78, 5) is 11.5. The number of hydrogen-bond acceptors (Lipinski definition) is 3. The molecule has 0 fully saturated rings. The van der Waals surface area contributed by atoms with Gasteiger partial charge < -0.3 is 15.8 Å². The summed E-state index contributed by atoms with van der Waals surface area (Å²) in [6.07, 6.45) is 0.911. The lowest BCUT2D eigenvalue weighted by Crippen LogP contribution is -2.35. The largest absolute Gasteiger partial charge is 0.484 e. The van der Waals surface area contributed by atoms with Gasteiger partial charge >= 0.3 is 0 Å². The van der Waals surface area contributed by atoms with E-state index in [0.29, 0.717) is 12.3 Å². The predicted molar refractivity (Wildman–Crippen MR) is 67.7 cm³/mol. The van der Waals surface area contributed by atoms with E-state index in [1.165, 1.54) is 0 Å². The third-order valence-corrected chi connectivity index (χ3v) is 2.52. The van der Waals surface area contributed by atoms with Crippen molar-refractivity contribution in [2.24, 2.45) is 5.73 Å². The highest BCUT2D eigenvalue weighted by Crippen LogP contribution is 2.12. The maximum absolute atomic E-state index is 11.5. The number of rotatable bonds is 6. The van der Waals surface area contributed by atoms with Crippen molar-refractivity contribution in [2.75, 3.05) is 6.61 Å². The molecule has 94 valence electrons. The smallest absolute Gasteiger partial charge is 0.258 e. The van der Waals surface area contributed by atoms with E-state index in [0.717, 1.165) is 12.0 Å². The first-order chi connectivity index (χ1) is 8.15. The lowest BCUT2D eigenvalue weighted by atomic mass is 10.2. The van der Waals surface area contributed by atoms with Crippen molar-refractivity contribution in [3.05, 3.63) is 29.8 Å². The van der Waals surface area contributed by atoms with Crippen LogP contribution in [-0.2, 0) is 11.3 Å². The van der Waals surface area contributed by atoms with Crippen LogP contribution >= 0.6 is 0 Å². The van der Waals surface area contributed by atoms with Gasteiger partial charge in [-0.25, -0.2) is 0 Å². The Morgan fingerprint density at radius 3 is 2.94 bits per heavy atom. The highest BCUT2D eigenvalue weighted by Gasteiger charge is 2.06. The molecule has 0 spiro atoms. The van der Waals surface area contributed by atoms with Gasteiger partial charge in [-0.3, -0.25) is 4.79 Å². The first kappa shape index (κ1) is 13.5. The molecule has 0 radical (unpaired) electrons. The Hall–Kier alpha value is -1.55. The van der Waals surface area contributed by atoms with E-state index in [1.807, 2.05) is 38.1 Å². The standard InChI is InChI=1S/C13H20N2O2/c1-3-10(2)15-13(16)9-17-12-6-4-5-11(7-12)8-14/h4-7,10H,3,8-9,14H2,1-2H3,(H,15,16). The fourth-order valence-corrected chi connectivity index (χ4v) is 1.33. The molecule has 1 aromatic carbocycles. The van der Waals surface area contributed by atoms with Gasteiger partial charge in [0.1, 0.15) is 5.75 Å². The van der Waals surface area contributed by atoms with E-state index in [9.17, 15) is 4.79 Å². The molecule has 4 nitrogen and oxygen atoms in total. The van der Waals surface area contributed by atoms with Gasteiger partial charge in [-0.05, 0) is 31.0 Å². The normalized spacial score (nSPS) is 11.9. The van der Waals surface area contributed by atoms with E-state index in [4.69, 9.17) is 10.5 Å². The SMILES string of the molecule is CCC(C)NC(=O)COc1cccc(CN)c1. The van der Waals surface area contributed by atoms with Gasteiger partial charge in [0, 0.05) is 12.6 Å². The van der Waals surface area contributed by atoms with E-state index < -0.39 is 0 Å². The van der Waals surface area contributed by atoms with Crippen molar-refractivity contribution < 1.29 is 9.53 Å². The Morgan fingerprint density at radius 2 is 2.29 bits per heavy atom. The average Bonchev–Trinajstić information content (AvgIpc) is 2.36. The molecule has 1 amide bonds. The third kappa shape index (κ3) is 4.87. The van der Waals surface area contributed by atoms with Crippen LogP contribution in [0.4, 0.5) is 0 Å². The lowest BCUT2D eigenvalue weighted by molar-refractivity contribution is -0.123. The summed E-state index contributed by atoms with van der Waals surface area (Å²) in [5.41, 5.74) is 6.51. The van der Waals surface area contributed by atoms with Crippen LogP contribution in [0.1, 0.15) is 25.8 Å². The summed E-state index contributed by atoms with van der Waals surface area (Å²) >= 11 is 0. The maximum atomic E-state index is 11.5. The Balaban J connectivity index is 2.41. The molecule has 17 heavy (non-hydrogen) atoms. The molecular weight excluding hydrogens is 216 g/mol. The zero-order valence-corrected chi connectivity index (χ0v) is 10.4. The van der Waals surface area contributed by atoms with Crippen LogP contribution in [-0.4, -0.2) is 18.6 Å². The summed E-state index contributed by atoms with van der Waals surface area (Å²) in [5, 5.41) is 2.84. The van der Waals surface area contributed by atoms with Crippen molar-refractivity contribution in [1.29, 1.82) is 0 Å². The van der Waals surface area contributed by atoms with Crippen LogP contribution in [0.2, 0.25) is 0 Å². The highest BCUT2D eigenvalue weighted by atomic mass is 16.5. The van der Waals surface area contributed by atoms with Crippen molar-refractivity contribution in [2.45, 2.75) is 32.9 Å². The molecule has 0 saturated heterocycles. The fraction of sp³-hybridized carbons (Fsp3) is 0.462. The molecule has 3 N–H and O–H groups in total. The number of nitrogens with two attached hydrogens (primary N) is 1. The zero-order chi connectivity index (χ0) is 12.7. The molecule has 1 aromatic rings. The van der Waals surface area contributed by atoms with Gasteiger partial charge in [0.2, 0.25) is 0 Å². The van der Waals surface area contributed by atoms with Crippen molar-refractivity contribution >= 4 is 5.91 Å². The summed E-state index contributed by atoms with van der Waals surface area (Å²) in [5.74, 6) is 0.574. The van der Waals surface area contributed by atoms with Crippen molar-refractivity contribution in [1.82, 2.24) is 5.32 Å². The third-order valence-electron chi connectivity index (χ3n) is 2.52. The average molecular weight is 236 g/mol. The summed E-state index contributed by atoms with van der Waals surface area (Å²) < 4.78 is 5.39. The van der Waals surface area contributed by atoms with Crippen LogP contribution in [0, 0.1) is 0 Å². The molecule has 0 saturated carbocycles. The van der Waals surface area contributed by atoms with E-state index in [1.54, 1.807) is 0 Å². The Bertz CT molecular complexity index is 366. The number of benzene rings is 1. The number of hydrogen-bond donors (Lipinski definition) is 2. The summed E-state index contributed by atoms with van der Waals surface area (Å²) in [7, 11) is 0. The van der Waals surface area contributed by atoms with Crippen molar-refractivity contribution in [3.63, 3.8) is 0 Å². The van der Waals surface area contributed by atoms with Gasteiger partial charge in [0.05, 0.1) is 0 Å². The number of ether oxygens (including phenoxy) is 1. The fourth-order valence-electron chi connectivity index (χ4n) is 1.33. The predicted octanol–water partition coefficient (Wildman–Crippen LogP) is 1.44. The molecule has 1 rings (SSSR count). The second-order valence-electron chi connectivity index (χ2n) is 4.02. The molecule has 4 heteroatoms. The van der Waals surface area contributed by atoms with Gasteiger partial charge in [-0.2, -0.15) is 0 Å². The van der Waals surface area contributed by atoms with Crippen LogP contribution < -0.4 is 15.8 Å². The summed E-state index contributed by atoms with van der Waals surface area (Å²) in [6, 6.07) is 7.63. The van der Waals surface area contributed by atoms with Gasteiger partial charge in [-0.1, -0.05) is 19.1 Å². The number of nitrogens with one attached hydrogen (secondary N) is 1. The minimum atomic E-state index is -0.0995. The van der Waals surface area contributed by atoms with Crippen LogP contribution in [0.15, 0.2) is 24.3 Å². The lowest BCUT2D eigenvalue weighted by Gasteiger charge is -2.12. The maximum Gasteiger partial charge on any atom is 0.258 e. The number of carbonyl (C=O) groups is 1. The molecule has 0 aliphatic carbocycles. The first-order valence-corrected chi connectivity index (χ1v) is 5.87. The molecule has 1 atom stereocenters. The van der Waals surface area contributed by atoms with E-state index in [-0.39, 0.29) is 18.6 Å². The first-order valence-electron chi connectivity index (χ1n) is 5.87. The Morgan fingerprint density at radius 1 is 1.53 bits per heavy atom. The number of amides is 1. The Labute approximate surface area is 102 Å².